The number of thiocarbonyl (C=S) groups is 1. The Hall–Kier alpha value is -2.22. The Labute approximate surface area is 168 Å². The van der Waals surface area contributed by atoms with E-state index in [2.05, 4.69) is 21.2 Å². The number of phenolic OH excluding ortho intramolecular Hbond substituents is 1. The molecule has 1 heterocycles. The van der Waals surface area contributed by atoms with Gasteiger partial charge in [0.05, 0.1) is 10.2 Å². The topological polar surface area (TPSA) is 69.6 Å². The van der Waals surface area contributed by atoms with Crippen LogP contribution in [0.1, 0.15) is 11.1 Å². The summed E-state index contributed by atoms with van der Waals surface area (Å²) >= 11 is 14.5. The van der Waals surface area contributed by atoms with E-state index in [1.54, 1.807) is 37.3 Å². The highest BCUT2D eigenvalue weighted by Gasteiger charge is 2.35. The Morgan fingerprint density at radius 1 is 1.27 bits per heavy atom. The van der Waals surface area contributed by atoms with Crippen LogP contribution in [0.25, 0.3) is 6.08 Å². The molecule has 0 aliphatic carbocycles. The number of carbonyl (C=O) groups excluding carboxylic acids is 2. The van der Waals surface area contributed by atoms with Gasteiger partial charge in [-0.1, -0.05) is 23.7 Å². The predicted octanol–water partition coefficient (Wildman–Crippen LogP) is 3.95. The molecule has 132 valence electrons. The molecule has 0 bridgehead atoms. The standard InChI is InChI=1S/C18H12BrClN2O3S/c1-9-13(20)3-2-4-14(9)22-17(25)11(16(24)21-18(22)26)7-10-5-6-15(23)12(19)8-10/h2-8,23H,1H3,(H,21,24,26). The molecular formula is C18H12BrClN2O3S. The van der Waals surface area contributed by atoms with E-state index in [4.69, 9.17) is 23.8 Å². The zero-order valence-electron chi connectivity index (χ0n) is 13.4. The number of halogens is 2. The van der Waals surface area contributed by atoms with Crippen LogP contribution in [0.15, 0.2) is 46.4 Å². The van der Waals surface area contributed by atoms with E-state index in [1.807, 2.05) is 0 Å². The van der Waals surface area contributed by atoms with E-state index in [1.165, 1.54) is 17.0 Å². The van der Waals surface area contributed by atoms with Crippen LogP contribution in [0.4, 0.5) is 5.69 Å². The summed E-state index contributed by atoms with van der Waals surface area (Å²) in [5.74, 6) is -1.07. The van der Waals surface area contributed by atoms with Gasteiger partial charge in [0.1, 0.15) is 11.3 Å². The van der Waals surface area contributed by atoms with Crippen molar-refractivity contribution in [2.24, 2.45) is 0 Å². The number of amides is 2. The highest BCUT2D eigenvalue weighted by molar-refractivity contribution is 9.10. The van der Waals surface area contributed by atoms with Crippen LogP contribution in [0, 0.1) is 6.92 Å². The second kappa shape index (κ2) is 7.19. The average molecular weight is 452 g/mol. The molecule has 2 aromatic carbocycles. The van der Waals surface area contributed by atoms with Crippen LogP contribution in [0.2, 0.25) is 5.02 Å². The number of nitrogens with one attached hydrogen (secondary N) is 1. The molecule has 0 aromatic heterocycles. The second-order valence-electron chi connectivity index (χ2n) is 5.55. The molecule has 2 aromatic rings. The van der Waals surface area contributed by atoms with Crippen LogP contribution in [-0.2, 0) is 9.59 Å². The van der Waals surface area contributed by atoms with Gasteiger partial charge >= 0.3 is 0 Å². The summed E-state index contributed by atoms with van der Waals surface area (Å²) in [7, 11) is 0. The summed E-state index contributed by atoms with van der Waals surface area (Å²) in [5, 5.41) is 12.6. The van der Waals surface area contributed by atoms with Gasteiger partial charge in [-0.25, -0.2) is 0 Å². The molecule has 0 saturated carbocycles. The summed E-state index contributed by atoms with van der Waals surface area (Å²) in [6.45, 7) is 1.77. The molecule has 0 spiro atoms. The lowest BCUT2D eigenvalue weighted by Crippen LogP contribution is -2.54. The first-order valence-electron chi connectivity index (χ1n) is 7.44. The summed E-state index contributed by atoms with van der Waals surface area (Å²) in [6, 6.07) is 9.78. The molecule has 1 saturated heterocycles. The Bertz CT molecular complexity index is 990. The third-order valence-corrected chi connectivity index (χ3v) is 5.19. The van der Waals surface area contributed by atoms with Gasteiger partial charge in [0, 0.05) is 5.02 Å². The van der Waals surface area contributed by atoms with Crippen LogP contribution < -0.4 is 10.2 Å². The SMILES string of the molecule is Cc1c(Cl)cccc1N1C(=O)C(=Cc2ccc(O)c(Br)c2)C(=O)NC1=S. The quantitative estimate of drug-likeness (QED) is 0.412. The molecule has 0 atom stereocenters. The van der Waals surface area contributed by atoms with Crippen LogP contribution in [0.5, 0.6) is 5.75 Å². The van der Waals surface area contributed by atoms with Crippen molar-refractivity contribution in [2.75, 3.05) is 4.90 Å². The van der Waals surface area contributed by atoms with Gasteiger partial charge in [-0.15, -0.1) is 0 Å². The van der Waals surface area contributed by atoms with Crippen molar-refractivity contribution in [3.8, 4) is 5.75 Å². The van der Waals surface area contributed by atoms with Gasteiger partial charge in [0.15, 0.2) is 5.11 Å². The van der Waals surface area contributed by atoms with E-state index in [0.29, 0.717) is 26.3 Å². The van der Waals surface area contributed by atoms with Crippen molar-refractivity contribution in [1.29, 1.82) is 0 Å². The molecule has 0 radical (unpaired) electrons. The number of hydrogen-bond acceptors (Lipinski definition) is 4. The molecule has 1 fully saturated rings. The molecular weight excluding hydrogens is 440 g/mol. The van der Waals surface area contributed by atoms with Crippen molar-refractivity contribution >= 4 is 68.4 Å². The van der Waals surface area contributed by atoms with Crippen molar-refractivity contribution in [2.45, 2.75) is 6.92 Å². The van der Waals surface area contributed by atoms with E-state index in [9.17, 15) is 14.7 Å². The largest absolute Gasteiger partial charge is 0.507 e. The van der Waals surface area contributed by atoms with E-state index >= 15 is 0 Å². The minimum atomic E-state index is -0.583. The summed E-state index contributed by atoms with van der Waals surface area (Å²) in [6.07, 6.45) is 1.44. The van der Waals surface area contributed by atoms with E-state index < -0.39 is 11.8 Å². The maximum absolute atomic E-state index is 13.0. The Morgan fingerprint density at radius 2 is 2.00 bits per heavy atom. The van der Waals surface area contributed by atoms with Gasteiger partial charge in [-0.3, -0.25) is 19.8 Å². The maximum atomic E-state index is 13.0. The molecule has 1 aliphatic rings. The first-order chi connectivity index (χ1) is 12.3. The predicted molar refractivity (Wildman–Crippen MR) is 108 cm³/mol. The number of aromatic hydroxyl groups is 1. The third kappa shape index (κ3) is 3.38. The van der Waals surface area contributed by atoms with Gasteiger partial charge in [0.25, 0.3) is 11.8 Å². The van der Waals surface area contributed by atoms with Crippen molar-refractivity contribution in [1.82, 2.24) is 5.32 Å². The number of benzene rings is 2. The molecule has 3 rings (SSSR count). The minimum absolute atomic E-state index is 0.00518. The summed E-state index contributed by atoms with van der Waals surface area (Å²) < 4.78 is 0.452. The second-order valence-corrected chi connectivity index (χ2v) is 7.20. The number of hydrogen-bond donors (Lipinski definition) is 2. The fourth-order valence-electron chi connectivity index (χ4n) is 2.49. The maximum Gasteiger partial charge on any atom is 0.270 e. The first kappa shape index (κ1) is 18.6. The number of phenols is 1. The molecule has 1 aliphatic heterocycles. The number of rotatable bonds is 2. The molecule has 0 unspecified atom stereocenters. The molecule has 26 heavy (non-hydrogen) atoms. The van der Waals surface area contributed by atoms with E-state index in [0.717, 1.165) is 0 Å². The molecule has 8 heteroatoms. The Balaban J connectivity index is 2.07. The number of carbonyl (C=O) groups is 2. The average Bonchev–Trinajstić information content (AvgIpc) is 2.58. The number of nitrogens with zero attached hydrogens (tertiary/aromatic N) is 1. The molecule has 5 nitrogen and oxygen atoms in total. The van der Waals surface area contributed by atoms with Crippen molar-refractivity contribution in [3.05, 3.63) is 62.6 Å². The van der Waals surface area contributed by atoms with Gasteiger partial charge < -0.3 is 5.11 Å². The summed E-state index contributed by atoms with van der Waals surface area (Å²) in [5.41, 5.74) is 1.68. The minimum Gasteiger partial charge on any atom is -0.507 e. The highest BCUT2D eigenvalue weighted by Crippen LogP contribution is 2.30. The van der Waals surface area contributed by atoms with Gasteiger partial charge in [0.2, 0.25) is 0 Å². The lowest BCUT2D eigenvalue weighted by atomic mass is 10.1. The first-order valence-corrected chi connectivity index (χ1v) is 9.02. The molecule has 2 N–H and O–H groups in total. The lowest BCUT2D eigenvalue weighted by molar-refractivity contribution is -0.122. The normalized spacial score (nSPS) is 16.2. The van der Waals surface area contributed by atoms with Crippen molar-refractivity contribution in [3.63, 3.8) is 0 Å². The Morgan fingerprint density at radius 3 is 2.69 bits per heavy atom. The van der Waals surface area contributed by atoms with Crippen LogP contribution in [0.3, 0.4) is 0 Å². The summed E-state index contributed by atoms with van der Waals surface area (Å²) in [4.78, 5) is 26.5. The molecule has 2 amide bonds. The lowest BCUT2D eigenvalue weighted by Gasteiger charge is -2.30. The highest BCUT2D eigenvalue weighted by atomic mass is 79.9. The monoisotopic (exact) mass is 450 g/mol. The van der Waals surface area contributed by atoms with E-state index in [-0.39, 0.29) is 16.4 Å². The van der Waals surface area contributed by atoms with Crippen LogP contribution in [-0.4, -0.2) is 22.0 Å². The fraction of sp³-hybridized carbons (Fsp3) is 0.0556. The Kier molecular flexibility index (Phi) is 5.13. The van der Waals surface area contributed by atoms with Crippen LogP contribution >= 0.6 is 39.7 Å². The number of anilines is 1. The zero-order valence-corrected chi connectivity index (χ0v) is 16.6. The zero-order chi connectivity index (χ0) is 19.0. The van der Waals surface area contributed by atoms with Gasteiger partial charge in [-0.2, -0.15) is 0 Å². The third-order valence-electron chi connectivity index (χ3n) is 3.86. The smallest absolute Gasteiger partial charge is 0.270 e. The fourth-order valence-corrected chi connectivity index (χ4v) is 3.33. The van der Waals surface area contributed by atoms with Gasteiger partial charge in [-0.05, 0) is 76.5 Å². The van der Waals surface area contributed by atoms with Crippen molar-refractivity contribution < 1.29 is 14.7 Å².